The second-order valence-electron chi connectivity index (χ2n) is 5.19. The third-order valence-corrected chi connectivity index (χ3v) is 3.83. The largest absolute Gasteiger partial charge is 0.480 e. The Morgan fingerprint density at radius 3 is 2.50 bits per heavy atom. The van der Waals surface area contributed by atoms with Gasteiger partial charge in [-0.15, -0.1) is 0 Å². The van der Waals surface area contributed by atoms with E-state index in [4.69, 9.17) is 5.11 Å². The van der Waals surface area contributed by atoms with Crippen LogP contribution in [0.4, 0.5) is 4.79 Å². The van der Waals surface area contributed by atoms with Crippen molar-refractivity contribution in [1.29, 1.82) is 0 Å². The lowest BCUT2D eigenvalue weighted by Crippen LogP contribution is -2.49. The van der Waals surface area contributed by atoms with Crippen LogP contribution in [0.3, 0.4) is 0 Å². The van der Waals surface area contributed by atoms with E-state index in [1.165, 1.54) is 19.3 Å². The highest BCUT2D eigenvalue weighted by atomic mass is 16.4. The van der Waals surface area contributed by atoms with E-state index in [2.05, 4.69) is 10.6 Å². The Labute approximate surface area is 108 Å². The molecule has 0 aromatic heterocycles. The summed E-state index contributed by atoms with van der Waals surface area (Å²) in [6, 6.07) is -1.18. The number of carbonyl (C=O) groups is 2. The van der Waals surface area contributed by atoms with Crippen LogP contribution >= 0.6 is 0 Å². The van der Waals surface area contributed by atoms with E-state index in [0.717, 1.165) is 18.8 Å². The average molecular weight is 256 g/mol. The van der Waals surface area contributed by atoms with Crippen LogP contribution in [-0.2, 0) is 4.79 Å². The molecule has 0 aliphatic heterocycles. The molecule has 0 aromatic carbocycles. The Bertz CT molecular complexity index is 290. The zero-order chi connectivity index (χ0) is 13.5. The van der Waals surface area contributed by atoms with Gasteiger partial charge in [0, 0.05) is 6.54 Å². The third kappa shape index (κ3) is 4.55. The van der Waals surface area contributed by atoms with Gasteiger partial charge >= 0.3 is 12.0 Å². The van der Waals surface area contributed by atoms with E-state index in [0.29, 0.717) is 6.54 Å². The van der Waals surface area contributed by atoms with Crippen LogP contribution in [0.5, 0.6) is 0 Å². The number of hydrogen-bond donors (Lipinski definition) is 3. The van der Waals surface area contributed by atoms with Crippen molar-refractivity contribution in [2.45, 2.75) is 52.0 Å². The van der Waals surface area contributed by atoms with Gasteiger partial charge in [0.25, 0.3) is 0 Å². The van der Waals surface area contributed by atoms with Crippen molar-refractivity contribution < 1.29 is 14.7 Å². The van der Waals surface area contributed by atoms with Crippen LogP contribution in [0.1, 0.15) is 46.0 Å². The van der Waals surface area contributed by atoms with Crippen molar-refractivity contribution in [2.24, 2.45) is 11.8 Å². The highest BCUT2D eigenvalue weighted by molar-refractivity contribution is 5.82. The van der Waals surface area contributed by atoms with Gasteiger partial charge in [-0.05, 0) is 18.3 Å². The number of aliphatic carboxylic acids is 1. The Kier molecular flexibility index (Phi) is 5.95. The monoisotopic (exact) mass is 256 g/mol. The van der Waals surface area contributed by atoms with E-state index in [1.54, 1.807) is 0 Å². The first-order valence-electron chi connectivity index (χ1n) is 6.81. The van der Waals surface area contributed by atoms with E-state index in [9.17, 15) is 9.59 Å². The summed E-state index contributed by atoms with van der Waals surface area (Å²) in [7, 11) is 0. The SMILES string of the molecule is CC[C@H](C)[C@H](NC(=O)NCCC1CCC1)C(=O)O. The lowest BCUT2D eigenvalue weighted by molar-refractivity contribution is -0.140. The van der Waals surface area contributed by atoms with Gasteiger partial charge in [-0.1, -0.05) is 39.5 Å². The molecule has 5 heteroatoms. The zero-order valence-electron chi connectivity index (χ0n) is 11.2. The lowest BCUT2D eigenvalue weighted by Gasteiger charge is -2.25. The molecule has 0 heterocycles. The standard InChI is InChI=1S/C13H24N2O3/c1-3-9(2)11(12(16)17)15-13(18)14-8-7-10-5-4-6-10/h9-11H,3-8H2,1-2H3,(H,16,17)(H2,14,15,18)/t9-,11-/m0/s1. The molecule has 0 unspecified atom stereocenters. The second-order valence-corrected chi connectivity index (χ2v) is 5.19. The van der Waals surface area contributed by atoms with Crippen LogP contribution in [0.25, 0.3) is 0 Å². The molecule has 1 saturated carbocycles. The number of carbonyl (C=O) groups excluding carboxylic acids is 1. The number of nitrogens with one attached hydrogen (secondary N) is 2. The summed E-state index contributed by atoms with van der Waals surface area (Å²) in [5.41, 5.74) is 0. The van der Waals surface area contributed by atoms with Gasteiger partial charge in [-0.3, -0.25) is 0 Å². The summed E-state index contributed by atoms with van der Waals surface area (Å²) < 4.78 is 0. The Morgan fingerprint density at radius 2 is 2.06 bits per heavy atom. The Hall–Kier alpha value is -1.26. The molecular weight excluding hydrogens is 232 g/mol. The fourth-order valence-corrected chi connectivity index (χ4v) is 2.05. The van der Waals surface area contributed by atoms with Gasteiger partial charge in [-0.25, -0.2) is 9.59 Å². The number of urea groups is 1. The molecule has 2 atom stereocenters. The summed E-state index contributed by atoms with van der Waals surface area (Å²) in [5, 5.41) is 14.3. The van der Waals surface area contributed by atoms with Gasteiger partial charge in [0.15, 0.2) is 0 Å². The van der Waals surface area contributed by atoms with Crippen LogP contribution in [-0.4, -0.2) is 29.7 Å². The fraction of sp³-hybridized carbons (Fsp3) is 0.846. The molecule has 1 rings (SSSR count). The summed E-state index contributed by atoms with van der Waals surface area (Å²) >= 11 is 0. The molecule has 0 aromatic rings. The summed E-state index contributed by atoms with van der Waals surface area (Å²) in [6.07, 6.45) is 5.53. The van der Waals surface area contributed by atoms with Gasteiger partial charge in [0.1, 0.15) is 6.04 Å². The quantitative estimate of drug-likeness (QED) is 0.651. The van der Waals surface area contributed by atoms with E-state index in [-0.39, 0.29) is 11.9 Å². The van der Waals surface area contributed by atoms with Crippen molar-refractivity contribution >= 4 is 12.0 Å². The highest BCUT2D eigenvalue weighted by Crippen LogP contribution is 2.28. The molecule has 0 saturated heterocycles. The smallest absolute Gasteiger partial charge is 0.326 e. The Balaban J connectivity index is 2.24. The minimum Gasteiger partial charge on any atom is -0.480 e. The second kappa shape index (κ2) is 7.24. The van der Waals surface area contributed by atoms with E-state index < -0.39 is 12.0 Å². The summed E-state index contributed by atoms with van der Waals surface area (Å²) in [4.78, 5) is 22.6. The summed E-state index contributed by atoms with van der Waals surface area (Å²) in [6.45, 7) is 4.37. The first-order chi connectivity index (χ1) is 8.54. The zero-order valence-corrected chi connectivity index (χ0v) is 11.2. The van der Waals surface area contributed by atoms with Crippen molar-refractivity contribution in [3.05, 3.63) is 0 Å². The van der Waals surface area contributed by atoms with Gasteiger partial charge < -0.3 is 15.7 Å². The van der Waals surface area contributed by atoms with Crippen molar-refractivity contribution in [1.82, 2.24) is 10.6 Å². The predicted octanol–water partition coefficient (Wildman–Crippen LogP) is 1.98. The van der Waals surface area contributed by atoms with Gasteiger partial charge in [0.2, 0.25) is 0 Å². The first-order valence-corrected chi connectivity index (χ1v) is 6.81. The van der Waals surface area contributed by atoms with Crippen molar-refractivity contribution in [3.8, 4) is 0 Å². The molecule has 2 amide bonds. The highest BCUT2D eigenvalue weighted by Gasteiger charge is 2.25. The van der Waals surface area contributed by atoms with Crippen LogP contribution in [0.2, 0.25) is 0 Å². The first kappa shape index (κ1) is 14.8. The van der Waals surface area contributed by atoms with E-state index in [1.807, 2.05) is 13.8 Å². The number of amides is 2. The number of carboxylic acids is 1. The van der Waals surface area contributed by atoms with Crippen molar-refractivity contribution in [2.75, 3.05) is 6.54 Å². The maximum Gasteiger partial charge on any atom is 0.326 e. The minimum atomic E-state index is -0.974. The van der Waals surface area contributed by atoms with Gasteiger partial charge in [0.05, 0.1) is 0 Å². The number of hydrogen-bond acceptors (Lipinski definition) is 2. The van der Waals surface area contributed by atoms with Crippen LogP contribution in [0, 0.1) is 11.8 Å². The number of rotatable bonds is 7. The average Bonchev–Trinajstić information content (AvgIpc) is 2.27. The maximum absolute atomic E-state index is 11.6. The molecule has 1 fully saturated rings. The third-order valence-electron chi connectivity index (χ3n) is 3.83. The lowest BCUT2D eigenvalue weighted by atomic mass is 9.83. The number of carboxylic acid groups (broad SMARTS) is 1. The normalized spacial score (nSPS) is 18.6. The molecule has 5 nitrogen and oxygen atoms in total. The predicted molar refractivity (Wildman–Crippen MR) is 69.4 cm³/mol. The molecule has 0 bridgehead atoms. The molecule has 0 spiro atoms. The van der Waals surface area contributed by atoms with Crippen LogP contribution < -0.4 is 10.6 Å². The molecular formula is C13H24N2O3. The topological polar surface area (TPSA) is 78.4 Å². The Morgan fingerprint density at radius 1 is 1.39 bits per heavy atom. The van der Waals surface area contributed by atoms with E-state index >= 15 is 0 Å². The summed E-state index contributed by atoms with van der Waals surface area (Å²) in [5.74, 6) is -0.298. The minimum absolute atomic E-state index is 0.0696. The van der Waals surface area contributed by atoms with Crippen molar-refractivity contribution in [3.63, 3.8) is 0 Å². The molecule has 3 N–H and O–H groups in total. The molecule has 1 aliphatic carbocycles. The molecule has 104 valence electrons. The molecule has 0 radical (unpaired) electrons. The van der Waals surface area contributed by atoms with Gasteiger partial charge in [-0.2, -0.15) is 0 Å². The maximum atomic E-state index is 11.6. The molecule has 18 heavy (non-hydrogen) atoms. The molecule has 1 aliphatic rings. The van der Waals surface area contributed by atoms with Crippen LogP contribution in [0.15, 0.2) is 0 Å². The fourth-order valence-electron chi connectivity index (χ4n) is 2.05.